The molecule has 0 atom stereocenters. The largest absolute Gasteiger partial charge is 0.457 e. The number of nitrogen functional groups attached to an aromatic ring is 1. The molecule has 3 heterocycles. The molecule has 1 fully saturated rings. The first-order chi connectivity index (χ1) is 18.5. The van der Waals surface area contributed by atoms with Crippen molar-refractivity contribution in [3.8, 4) is 17.2 Å². The molecule has 4 aromatic rings. The molecular formula is C28H31N7O3. The lowest BCUT2D eigenvalue weighted by atomic mass is 10.1. The van der Waals surface area contributed by atoms with Gasteiger partial charge in [-0.25, -0.2) is 14.8 Å². The number of hydrogen-bond acceptors (Lipinski definition) is 7. The topological polar surface area (TPSA) is 112 Å². The van der Waals surface area contributed by atoms with Gasteiger partial charge in [-0.05, 0) is 49.5 Å². The molecule has 38 heavy (non-hydrogen) atoms. The number of rotatable bonds is 9. The van der Waals surface area contributed by atoms with Gasteiger partial charge in [-0.1, -0.05) is 38.1 Å². The molecule has 1 aliphatic heterocycles. The smallest absolute Gasteiger partial charge is 0.335 e. The van der Waals surface area contributed by atoms with E-state index < -0.39 is 0 Å². The van der Waals surface area contributed by atoms with Crippen molar-refractivity contribution in [2.24, 2.45) is 0 Å². The van der Waals surface area contributed by atoms with Crippen molar-refractivity contribution < 1.29 is 9.53 Å². The number of ether oxygens (including phenoxy) is 1. The molecular weight excluding hydrogens is 482 g/mol. The molecule has 0 unspecified atom stereocenters. The van der Waals surface area contributed by atoms with Crippen LogP contribution in [0.3, 0.4) is 0 Å². The van der Waals surface area contributed by atoms with Crippen LogP contribution in [-0.2, 0) is 4.79 Å². The number of likely N-dealkylation sites (N-methyl/N-ethyl adjacent to an activating group) is 1. The number of fused-ring (bicyclic) bond motifs is 1. The van der Waals surface area contributed by atoms with Crippen LogP contribution in [0.5, 0.6) is 11.5 Å². The lowest BCUT2D eigenvalue weighted by Crippen LogP contribution is -2.52. The number of likely N-dealkylation sites (tertiary alicyclic amines) is 1. The highest BCUT2D eigenvalue weighted by atomic mass is 16.5. The van der Waals surface area contributed by atoms with E-state index in [-0.39, 0.29) is 23.5 Å². The summed E-state index contributed by atoms with van der Waals surface area (Å²) in [6.45, 7) is 7.62. The molecule has 0 bridgehead atoms. The van der Waals surface area contributed by atoms with Gasteiger partial charge in [-0.2, -0.15) is 0 Å². The zero-order valence-electron chi connectivity index (χ0n) is 21.5. The number of carbonyl (C=O) groups excluding carboxylic acids is 1. The molecule has 2 N–H and O–H groups in total. The summed E-state index contributed by atoms with van der Waals surface area (Å²) in [4.78, 5) is 38.8. The summed E-state index contributed by atoms with van der Waals surface area (Å²) < 4.78 is 9.02. The maximum Gasteiger partial charge on any atom is 0.335 e. The summed E-state index contributed by atoms with van der Waals surface area (Å²) in [7, 11) is 0. The molecule has 2 aromatic carbocycles. The van der Waals surface area contributed by atoms with E-state index in [1.807, 2.05) is 36.4 Å². The Bertz CT molecular complexity index is 1500. The first kappa shape index (κ1) is 25.2. The third kappa shape index (κ3) is 4.90. The summed E-state index contributed by atoms with van der Waals surface area (Å²) in [5.41, 5.74) is 7.45. The molecule has 0 spiro atoms. The van der Waals surface area contributed by atoms with Crippen LogP contribution in [0.4, 0.5) is 5.82 Å². The Morgan fingerprint density at radius 3 is 2.42 bits per heavy atom. The van der Waals surface area contributed by atoms with Crippen molar-refractivity contribution in [1.82, 2.24) is 28.9 Å². The number of carbonyl (C=O) groups is 1. The molecule has 0 saturated carbocycles. The van der Waals surface area contributed by atoms with E-state index in [0.29, 0.717) is 35.7 Å². The zero-order valence-corrected chi connectivity index (χ0v) is 21.5. The standard InChI is InChI=1S/C28H31N7O3/c1-3-32(4-2)16-8-11-24(36)33-17-21(18-33)35-27-25(26(29)30-19-31-27)34(28(35)37)20-12-14-23(15-13-20)38-22-9-6-5-7-10-22/h5-15,19,21H,3-4,16-18H2,1-2H3,(H2,29,30,31). The van der Waals surface area contributed by atoms with E-state index in [2.05, 4.69) is 28.7 Å². The number of nitrogens with zero attached hydrogens (tertiary/aromatic N) is 6. The van der Waals surface area contributed by atoms with Crippen LogP contribution in [-0.4, -0.2) is 67.5 Å². The summed E-state index contributed by atoms with van der Waals surface area (Å²) in [5, 5.41) is 0. The highest BCUT2D eigenvalue weighted by Gasteiger charge is 2.35. The molecule has 10 heteroatoms. The predicted octanol–water partition coefficient (Wildman–Crippen LogP) is 3.24. The average Bonchev–Trinajstić information content (AvgIpc) is 3.20. The number of para-hydroxylation sites is 1. The highest BCUT2D eigenvalue weighted by Crippen LogP contribution is 2.28. The fourth-order valence-corrected chi connectivity index (χ4v) is 4.61. The van der Waals surface area contributed by atoms with Gasteiger partial charge in [0.2, 0.25) is 5.91 Å². The SMILES string of the molecule is CCN(CC)CC=CC(=O)N1CC(n2c(=O)n(-c3ccc(Oc4ccccc4)cc3)c3c(N)ncnc32)C1. The van der Waals surface area contributed by atoms with Crippen molar-refractivity contribution in [3.05, 3.63) is 83.6 Å². The van der Waals surface area contributed by atoms with E-state index in [1.54, 1.807) is 39.8 Å². The molecule has 196 valence electrons. The Hall–Kier alpha value is -4.44. The van der Waals surface area contributed by atoms with Crippen LogP contribution < -0.4 is 16.2 Å². The van der Waals surface area contributed by atoms with E-state index >= 15 is 0 Å². The maximum absolute atomic E-state index is 13.7. The van der Waals surface area contributed by atoms with Gasteiger partial charge in [0.05, 0.1) is 11.7 Å². The number of benzene rings is 2. The second-order valence-corrected chi connectivity index (χ2v) is 9.11. The number of aromatic nitrogens is 4. The highest BCUT2D eigenvalue weighted by molar-refractivity contribution is 5.88. The summed E-state index contributed by atoms with van der Waals surface area (Å²) in [5.74, 6) is 1.51. The molecule has 5 rings (SSSR count). The Balaban J connectivity index is 1.38. The Morgan fingerprint density at radius 1 is 1.05 bits per heavy atom. The first-order valence-electron chi connectivity index (χ1n) is 12.7. The molecule has 1 amide bonds. The van der Waals surface area contributed by atoms with Gasteiger partial charge in [0, 0.05) is 25.7 Å². The van der Waals surface area contributed by atoms with Crippen molar-refractivity contribution in [1.29, 1.82) is 0 Å². The number of amides is 1. The minimum atomic E-state index is -0.280. The second kappa shape index (κ2) is 10.9. The third-order valence-corrected chi connectivity index (χ3v) is 6.81. The van der Waals surface area contributed by atoms with Crippen molar-refractivity contribution in [2.75, 3.05) is 38.5 Å². The minimum absolute atomic E-state index is 0.0617. The second-order valence-electron chi connectivity index (χ2n) is 9.11. The normalized spacial score (nSPS) is 13.9. The van der Waals surface area contributed by atoms with E-state index in [0.717, 1.165) is 25.4 Å². The van der Waals surface area contributed by atoms with E-state index in [1.165, 1.54) is 10.9 Å². The van der Waals surface area contributed by atoms with Crippen LogP contribution in [0.15, 0.2) is 77.9 Å². The average molecular weight is 514 g/mol. The quantitative estimate of drug-likeness (QED) is 0.342. The molecule has 10 nitrogen and oxygen atoms in total. The maximum atomic E-state index is 13.7. The molecule has 0 aliphatic carbocycles. The van der Waals surface area contributed by atoms with Gasteiger partial charge in [0.15, 0.2) is 11.5 Å². The van der Waals surface area contributed by atoms with Gasteiger partial charge in [0.25, 0.3) is 0 Å². The molecule has 1 aliphatic rings. The van der Waals surface area contributed by atoms with Crippen LogP contribution in [0, 0.1) is 0 Å². The fraction of sp³-hybridized carbons (Fsp3) is 0.286. The molecule has 1 saturated heterocycles. The number of imidazole rings is 1. The first-order valence-corrected chi connectivity index (χ1v) is 12.7. The van der Waals surface area contributed by atoms with Crippen molar-refractivity contribution >= 4 is 22.9 Å². The predicted molar refractivity (Wildman–Crippen MR) is 147 cm³/mol. The van der Waals surface area contributed by atoms with Gasteiger partial charge >= 0.3 is 5.69 Å². The van der Waals surface area contributed by atoms with E-state index in [9.17, 15) is 9.59 Å². The van der Waals surface area contributed by atoms with Crippen molar-refractivity contribution in [2.45, 2.75) is 19.9 Å². The lowest BCUT2D eigenvalue weighted by molar-refractivity contribution is -0.131. The van der Waals surface area contributed by atoms with Gasteiger partial charge in [-0.15, -0.1) is 0 Å². The van der Waals surface area contributed by atoms with Crippen LogP contribution in [0.25, 0.3) is 16.9 Å². The lowest BCUT2D eigenvalue weighted by Gasteiger charge is -2.38. The summed E-state index contributed by atoms with van der Waals surface area (Å²) in [6.07, 6.45) is 4.85. The molecule has 0 radical (unpaired) electrons. The number of hydrogen-bond donors (Lipinski definition) is 1. The minimum Gasteiger partial charge on any atom is -0.457 e. The van der Waals surface area contributed by atoms with Crippen LogP contribution in [0.1, 0.15) is 19.9 Å². The van der Waals surface area contributed by atoms with Crippen LogP contribution in [0.2, 0.25) is 0 Å². The fourth-order valence-electron chi connectivity index (χ4n) is 4.61. The van der Waals surface area contributed by atoms with Gasteiger partial charge < -0.3 is 20.3 Å². The van der Waals surface area contributed by atoms with Gasteiger partial charge in [-0.3, -0.25) is 13.9 Å². The monoisotopic (exact) mass is 513 g/mol. The Morgan fingerprint density at radius 2 is 1.74 bits per heavy atom. The number of anilines is 1. The van der Waals surface area contributed by atoms with E-state index in [4.69, 9.17) is 10.5 Å². The third-order valence-electron chi connectivity index (χ3n) is 6.81. The van der Waals surface area contributed by atoms with Crippen LogP contribution >= 0.6 is 0 Å². The summed E-state index contributed by atoms with van der Waals surface area (Å²) in [6, 6.07) is 16.5. The van der Waals surface area contributed by atoms with Gasteiger partial charge in [0.1, 0.15) is 23.3 Å². The molecule has 2 aromatic heterocycles. The van der Waals surface area contributed by atoms with Crippen molar-refractivity contribution in [3.63, 3.8) is 0 Å². The Labute approximate surface area is 220 Å². The summed E-state index contributed by atoms with van der Waals surface area (Å²) >= 11 is 0. The zero-order chi connectivity index (χ0) is 26.6. The number of nitrogens with two attached hydrogens (primary N) is 1. The Kier molecular flexibility index (Phi) is 7.23.